The molecule has 2 rings (SSSR count). The molecule has 1 unspecified atom stereocenters. The first-order valence-electron chi connectivity index (χ1n) is 7.73. The second-order valence-corrected chi connectivity index (χ2v) is 5.46. The fraction of sp³-hybridized carbons (Fsp3) is 0.250. The summed E-state index contributed by atoms with van der Waals surface area (Å²) < 4.78 is 5.71. The van der Waals surface area contributed by atoms with Crippen molar-refractivity contribution in [1.82, 2.24) is 0 Å². The fourth-order valence-electron chi connectivity index (χ4n) is 1.98. The molecule has 22 heavy (non-hydrogen) atoms. The summed E-state index contributed by atoms with van der Waals surface area (Å²) in [5.74, 6) is 2.17. The van der Waals surface area contributed by atoms with Gasteiger partial charge >= 0.3 is 0 Å². The van der Waals surface area contributed by atoms with Crippen molar-refractivity contribution in [1.29, 1.82) is 0 Å². The molecule has 0 saturated carbocycles. The highest BCUT2D eigenvalue weighted by molar-refractivity contribution is 6.04. The lowest BCUT2D eigenvalue weighted by Crippen LogP contribution is -1.95. The normalized spacial score (nSPS) is 12.3. The van der Waals surface area contributed by atoms with E-state index >= 15 is 0 Å². The summed E-state index contributed by atoms with van der Waals surface area (Å²) in [6.45, 7) is 4.34. The Labute approximate surface area is 132 Å². The zero-order chi connectivity index (χ0) is 15.8. The van der Waals surface area contributed by atoms with Crippen LogP contribution in [0.15, 0.2) is 66.7 Å². The molecule has 0 radical (unpaired) electrons. The molecule has 0 saturated heterocycles. The quantitative estimate of drug-likeness (QED) is 0.487. The van der Waals surface area contributed by atoms with Crippen LogP contribution in [0.4, 0.5) is 0 Å². The maximum Gasteiger partial charge on any atom is 0.185 e. The number of benzene rings is 2. The number of allylic oxidation sites excluding steroid dienone is 2. The lowest BCUT2D eigenvalue weighted by molar-refractivity contribution is 0.104. The summed E-state index contributed by atoms with van der Waals surface area (Å²) >= 11 is 0. The third kappa shape index (κ3) is 4.88. The number of para-hydroxylation sites is 1. The summed E-state index contributed by atoms with van der Waals surface area (Å²) in [4.78, 5) is 12.1. The second kappa shape index (κ2) is 8.18. The van der Waals surface area contributed by atoms with Crippen molar-refractivity contribution in [2.24, 2.45) is 5.92 Å². The number of ether oxygens (including phenoxy) is 1. The van der Waals surface area contributed by atoms with Gasteiger partial charge < -0.3 is 4.74 Å². The molecule has 0 fully saturated rings. The largest absolute Gasteiger partial charge is 0.457 e. The molecule has 0 amide bonds. The number of hydrogen-bond donors (Lipinski definition) is 0. The summed E-state index contributed by atoms with van der Waals surface area (Å²) in [5, 5.41) is 0. The Morgan fingerprint density at radius 1 is 1.05 bits per heavy atom. The van der Waals surface area contributed by atoms with Crippen molar-refractivity contribution >= 4 is 5.78 Å². The first kappa shape index (κ1) is 16.0. The van der Waals surface area contributed by atoms with E-state index in [2.05, 4.69) is 13.8 Å². The molecule has 0 aliphatic carbocycles. The van der Waals surface area contributed by atoms with Crippen LogP contribution in [0.25, 0.3) is 0 Å². The van der Waals surface area contributed by atoms with Gasteiger partial charge in [-0.05, 0) is 54.8 Å². The predicted molar refractivity (Wildman–Crippen MR) is 90.5 cm³/mol. The molecule has 0 aromatic heterocycles. The third-order valence-corrected chi connectivity index (χ3v) is 3.62. The number of hydrogen-bond acceptors (Lipinski definition) is 2. The van der Waals surface area contributed by atoms with E-state index in [4.69, 9.17) is 4.74 Å². The summed E-state index contributed by atoms with van der Waals surface area (Å²) in [6, 6.07) is 16.8. The molecule has 0 aliphatic heterocycles. The Bertz CT molecular complexity index is 612. The van der Waals surface area contributed by atoms with E-state index in [1.807, 2.05) is 48.5 Å². The number of carbonyl (C=O) groups is 1. The highest BCUT2D eigenvalue weighted by Crippen LogP contribution is 2.21. The Balaban J connectivity index is 1.95. The summed E-state index contributed by atoms with van der Waals surface area (Å²) in [5.41, 5.74) is 0.681. The van der Waals surface area contributed by atoms with Crippen LogP contribution >= 0.6 is 0 Å². The Hall–Kier alpha value is -2.35. The van der Waals surface area contributed by atoms with E-state index in [1.54, 1.807) is 18.2 Å². The molecule has 2 aromatic rings. The van der Waals surface area contributed by atoms with Crippen molar-refractivity contribution in [3.63, 3.8) is 0 Å². The third-order valence-electron chi connectivity index (χ3n) is 3.62. The molecular weight excluding hydrogens is 272 g/mol. The molecule has 0 aliphatic rings. The van der Waals surface area contributed by atoms with E-state index in [1.165, 1.54) is 0 Å². The molecule has 2 nitrogen and oxygen atoms in total. The van der Waals surface area contributed by atoms with Crippen molar-refractivity contribution < 1.29 is 9.53 Å². The lowest BCUT2D eigenvalue weighted by Gasteiger charge is -2.05. The lowest BCUT2D eigenvalue weighted by atomic mass is 10.0. The van der Waals surface area contributed by atoms with Crippen molar-refractivity contribution in [3.05, 3.63) is 72.3 Å². The smallest absolute Gasteiger partial charge is 0.185 e. The van der Waals surface area contributed by atoms with Crippen LogP contribution in [-0.2, 0) is 0 Å². The minimum absolute atomic E-state index is 0.0366. The maximum absolute atomic E-state index is 12.1. The van der Waals surface area contributed by atoms with Gasteiger partial charge in [-0.3, -0.25) is 4.79 Å². The number of ketones is 1. The molecule has 0 N–H and O–H groups in total. The van der Waals surface area contributed by atoms with Gasteiger partial charge in [-0.1, -0.05) is 44.5 Å². The SMILES string of the molecule is CCC(C)C/C=C/C(=O)c1ccc(Oc2ccccc2)cc1. The average molecular weight is 294 g/mol. The maximum atomic E-state index is 12.1. The predicted octanol–water partition coefficient (Wildman–Crippen LogP) is 5.65. The molecular formula is C20H22O2. The topological polar surface area (TPSA) is 26.3 Å². The molecule has 2 heteroatoms. The van der Waals surface area contributed by atoms with Crippen molar-refractivity contribution in [2.45, 2.75) is 26.7 Å². The number of carbonyl (C=O) groups excluding carboxylic acids is 1. The van der Waals surface area contributed by atoms with Gasteiger partial charge in [-0.2, -0.15) is 0 Å². The minimum atomic E-state index is 0.0366. The van der Waals surface area contributed by atoms with Crippen LogP contribution in [0, 0.1) is 5.92 Å². The Kier molecular flexibility index (Phi) is 5.96. The first-order chi connectivity index (χ1) is 10.7. The monoisotopic (exact) mass is 294 g/mol. The van der Waals surface area contributed by atoms with Gasteiger partial charge in [0, 0.05) is 5.56 Å². The van der Waals surface area contributed by atoms with Gasteiger partial charge in [0.05, 0.1) is 0 Å². The average Bonchev–Trinajstić information content (AvgIpc) is 2.56. The van der Waals surface area contributed by atoms with Gasteiger partial charge in [0.1, 0.15) is 11.5 Å². The van der Waals surface area contributed by atoms with Crippen LogP contribution < -0.4 is 4.74 Å². The first-order valence-corrected chi connectivity index (χ1v) is 7.73. The van der Waals surface area contributed by atoms with Crippen LogP contribution in [0.2, 0.25) is 0 Å². The molecule has 0 bridgehead atoms. The molecule has 2 aromatic carbocycles. The fourth-order valence-corrected chi connectivity index (χ4v) is 1.98. The van der Waals surface area contributed by atoms with Gasteiger partial charge in [0.2, 0.25) is 0 Å². The van der Waals surface area contributed by atoms with Crippen LogP contribution in [-0.4, -0.2) is 5.78 Å². The van der Waals surface area contributed by atoms with E-state index in [-0.39, 0.29) is 5.78 Å². The highest BCUT2D eigenvalue weighted by atomic mass is 16.5. The van der Waals surface area contributed by atoms with E-state index in [9.17, 15) is 4.79 Å². The summed E-state index contributed by atoms with van der Waals surface area (Å²) in [6.07, 6.45) is 5.70. The van der Waals surface area contributed by atoms with Crippen LogP contribution in [0.3, 0.4) is 0 Å². The van der Waals surface area contributed by atoms with E-state index in [0.29, 0.717) is 11.5 Å². The zero-order valence-electron chi connectivity index (χ0n) is 13.2. The van der Waals surface area contributed by atoms with Gasteiger partial charge in [0.15, 0.2) is 5.78 Å². The standard InChI is InChI=1S/C20H22O2/c1-3-16(2)8-7-11-20(21)17-12-14-19(15-13-17)22-18-9-5-4-6-10-18/h4-7,9-16H,3,8H2,1-2H3/b11-7+. The van der Waals surface area contributed by atoms with Crippen molar-refractivity contribution in [3.8, 4) is 11.5 Å². The summed E-state index contributed by atoms with van der Waals surface area (Å²) in [7, 11) is 0. The van der Waals surface area contributed by atoms with E-state index < -0.39 is 0 Å². The second-order valence-electron chi connectivity index (χ2n) is 5.46. The van der Waals surface area contributed by atoms with Crippen LogP contribution in [0.1, 0.15) is 37.0 Å². The van der Waals surface area contributed by atoms with Gasteiger partial charge in [-0.15, -0.1) is 0 Å². The van der Waals surface area contributed by atoms with Crippen LogP contribution in [0.5, 0.6) is 11.5 Å². The van der Waals surface area contributed by atoms with E-state index in [0.717, 1.165) is 24.3 Å². The van der Waals surface area contributed by atoms with Gasteiger partial charge in [-0.25, -0.2) is 0 Å². The highest BCUT2D eigenvalue weighted by Gasteiger charge is 2.03. The van der Waals surface area contributed by atoms with Gasteiger partial charge in [0.25, 0.3) is 0 Å². The minimum Gasteiger partial charge on any atom is -0.457 e. The Morgan fingerprint density at radius 2 is 1.68 bits per heavy atom. The molecule has 114 valence electrons. The molecule has 0 spiro atoms. The Morgan fingerprint density at radius 3 is 2.32 bits per heavy atom. The molecule has 0 heterocycles. The zero-order valence-corrected chi connectivity index (χ0v) is 13.2. The molecule has 1 atom stereocenters. The number of rotatable bonds is 7. The van der Waals surface area contributed by atoms with Crippen molar-refractivity contribution in [2.75, 3.05) is 0 Å².